The first-order valence-corrected chi connectivity index (χ1v) is 10.5. The molecule has 1 saturated heterocycles. The number of hydrogen-bond donors (Lipinski definition) is 2. The molecule has 3 rings (SSSR count). The molecule has 0 unspecified atom stereocenters. The predicted octanol–water partition coefficient (Wildman–Crippen LogP) is 1.82. The van der Waals surface area contributed by atoms with E-state index in [1.54, 1.807) is 11.0 Å². The number of rotatable bonds is 6. The van der Waals surface area contributed by atoms with Crippen molar-refractivity contribution >= 4 is 27.5 Å². The summed E-state index contributed by atoms with van der Waals surface area (Å²) in [6.45, 7) is 7.76. The zero-order chi connectivity index (χ0) is 18.4. The summed E-state index contributed by atoms with van der Waals surface area (Å²) in [7, 11) is -3.53. The van der Waals surface area contributed by atoms with Gasteiger partial charge in [-0.05, 0) is 42.8 Å². The minimum atomic E-state index is -3.53. The molecule has 0 spiro atoms. The number of benzene rings is 2. The van der Waals surface area contributed by atoms with Crippen LogP contribution in [0, 0.1) is 0 Å². The molecule has 0 amide bonds. The molecule has 0 aromatic heterocycles. The van der Waals surface area contributed by atoms with Gasteiger partial charge in [-0.2, -0.15) is 0 Å². The Kier molecular flexibility index (Phi) is 5.96. The van der Waals surface area contributed by atoms with Crippen molar-refractivity contribution in [3.63, 3.8) is 0 Å². The molecular formula is C20H26N3O2S+. The summed E-state index contributed by atoms with van der Waals surface area (Å²) in [4.78, 5) is 3.99. The molecule has 26 heavy (non-hydrogen) atoms. The van der Waals surface area contributed by atoms with E-state index in [4.69, 9.17) is 0 Å². The number of nitrogens with zero attached hydrogens (tertiary/aromatic N) is 1. The number of piperazine rings is 1. The van der Waals surface area contributed by atoms with E-state index in [-0.39, 0.29) is 0 Å². The van der Waals surface area contributed by atoms with Crippen LogP contribution < -0.4 is 14.5 Å². The maximum absolute atomic E-state index is 12.2. The molecule has 1 aliphatic rings. The van der Waals surface area contributed by atoms with Gasteiger partial charge in [-0.3, -0.25) is 4.72 Å². The van der Waals surface area contributed by atoms with Crippen molar-refractivity contribution in [1.29, 1.82) is 0 Å². The van der Waals surface area contributed by atoms with Crippen LogP contribution in [-0.2, 0) is 10.0 Å². The Morgan fingerprint density at radius 3 is 2.31 bits per heavy atom. The second kappa shape index (κ2) is 8.38. The number of likely N-dealkylation sites (N-methyl/N-ethyl adjacent to an activating group) is 1. The van der Waals surface area contributed by atoms with Crippen LogP contribution in [0.2, 0.25) is 0 Å². The van der Waals surface area contributed by atoms with Crippen molar-refractivity contribution in [2.45, 2.75) is 6.92 Å². The van der Waals surface area contributed by atoms with Crippen molar-refractivity contribution in [3.05, 3.63) is 65.6 Å². The van der Waals surface area contributed by atoms with Gasteiger partial charge in [0.1, 0.15) is 0 Å². The van der Waals surface area contributed by atoms with Gasteiger partial charge in [0, 0.05) is 11.4 Å². The maximum Gasteiger partial charge on any atom is 0.255 e. The molecule has 138 valence electrons. The van der Waals surface area contributed by atoms with Crippen molar-refractivity contribution in [2.75, 3.05) is 42.3 Å². The first-order valence-electron chi connectivity index (χ1n) is 9.00. The third-order valence-electron chi connectivity index (χ3n) is 4.70. The zero-order valence-corrected chi connectivity index (χ0v) is 15.9. The Labute approximate surface area is 156 Å². The Morgan fingerprint density at radius 2 is 1.69 bits per heavy atom. The summed E-state index contributed by atoms with van der Waals surface area (Å²) in [5, 5.41) is 1.20. The fourth-order valence-corrected chi connectivity index (χ4v) is 3.97. The normalized spacial score (nSPS) is 16.1. The van der Waals surface area contributed by atoms with Gasteiger partial charge in [0.15, 0.2) is 0 Å². The van der Waals surface area contributed by atoms with E-state index in [0.29, 0.717) is 5.69 Å². The van der Waals surface area contributed by atoms with Gasteiger partial charge in [0.25, 0.3) is 10.0 Å². The standard InChI is InChI=1S/C20H25N3O2S/c1-2-22-13-15-23(16-14-22)20-10-8-19(9-11-20)21-26(24,25)17-12-18-6-4-3-5-7-18/h3-12,17,21H,2,13-16H2,1H3/p+1/b17-12+. The molecule has 1 aliphatic heterocycles. The lowest BCUT2D eigenvalue weighted by Crippen LogP contribution is -3.14. The molecule has 0 saturated carbocycles. The summed E-state index contributed by atoms with van der Waals surface area (Å²) in [5.41, 5.74) is 2.56. The summed E-state index contributed by atoms with van der Waals surface area (Å²) < 4.78 is 27.0. The topological polar surface area (TPSA) is 53.9 Å². The van der Waals surface area contributed by atoms with Crippen molar-refractivity contribution in [3.8, 4) is 0 Å². The summed E-state index contributed by atoms with van der Waals surface area (Å²) in [5.74, 6) is 0. The van der Waals surface area contributed by atoms with E-state index in [0.717, 1.165) is 37.4 Å². The van der Waals surface area contributed by atoms with Crippen LogP contribution in [0.5, 0.6) is 0 Å². The molecule has 6 heteroatoms. The molecule has 0 bridgehead atoms. The highest BCUT2D eigenvalue weighted by atomic mass is 32.2. The van der Waals surface area contributed by atoms with E-state index in [2.05, 4.69) is 16.5 Å². The Morgan fingerprint density at radius 1 is 1.04 bits per heavy atom. The molecule has 0 radical (unpaired) electrons. The molecule has 1 fully saturated rings. The van der Waals surface area contributed by atoms with Gasteiger partial charge in [-0.15, -0.1) is 0 Å². The highest BCUT2D eigenvalue weighted by Crippen LogP contribution is 2.19. The van der Waals surface area contributed by atoms with Gasteiger partial charge < -0.3 is 9.80 Å². The van der Waals surface area contributed by atoms with Crippen LogP contribution in [0.4, 0.5) is 11.4 Å². The monoisotopic (exact) mass is 372 g/mol. The third kappa shape index (κ3) is 5.09. The van der Waals surface area contributed by atoms with Gasteiger partial charge >= 0.3 is 0 Å². The van der Waals surface area contributed by atoms with Gasteiger partial charge in [-0.25, -0.2) is 8.42 Å². The largest absolute Gasteiger partial charge is 0.360 e. The smallest absolute Gasteiger partial charge is 0.255 e. The average Bonchev–Trinajstić information content (AvgIpc) is 2.68. The molecule has 0 atom stereocenters. The lowest BCUT2D eigenvalue weighted by molar-refractivity contribution is -0.898. The zero-order valence-electron chi connectivity index (χ0n) is 15.1. The summed E-state index contributed by atoms with van der Waals surface area (Å²) in [6, 6.07) is 17.0. The summed E-state index contributed by atoms with van der Waals surface area (Å²) in [6.07, 6.45) is 1.59. The Balaban J connectivity index is 1.61. The van der Waals surface area contributed by atoms with Crippen LogP contribution in [0.1, 0.15) is 12.5 Å². The molecular weight excluding hydrogens is 346 g/mol. The van der Waals surface area contributed by atoms with Crippen LogP contribution in [0.25, 0.3) is 6.08 Å². The SMILES string of the molecule is CC[NH+]1CCN(c2ccc(NS(=O)(=O)/C=C/c3ccccc3)cc2)CC1. The van der Waals surface area contributed by atoms with Crippen LogP contribution in [0.15, 0.2) is 60.0 Å². The average molecular weight is 373 g/mol. The number of anilines is 2. The molecule has 0 aliphatic carbocycles. The van der Waals surface area contributed by atoms with Gasteiger partial charge in [0.2, 0.25) is 0 Å². The van der Waals surface area contributed by atoms with Crippen LogP contribution in [0.3, 0.4) is 0 Å². The number of nitrogens with one attached hydrogen (secondary N) is 2. The molecule has 1 heterocycles. The van der Waals surface area contributed by atoms with E-state index in [1.165, 1.54) is 12.0 Å². The fraction of sp³-hybridized carbons (Fsp3) is 0.300. The quantitative estimate of drug-likeness (QED) is 0.813. The van der Waals surface area contributed by atoms with Crippen molar-refractivity contribution in [1.82, 2.24) is 0 Å². The number of quaternary nitrogens is 1. The van der Waals surface area contributed by atoms with Crippen LogP contribution >= 0.6 is 0 Å². The van der Waals surface area contributed by atoms with E-state index < -0.39 is 10.0 Å². The van der Waals surface area contributed by atoms with E-state index in [9.17, 15) is 8.42 Å². The molecule has 2 aromatic rings. The van der Waals surface area contributed by atoms with E-state index >= 15 is 0 Å². The first kappa shape index (κ1) is 18.5. The minimum absolute atomic E-state index is 0.573. The summed E-state index contributed by atoms with van der Waals surface area (Å²) >= 11 is 0. The number of sulfonamides is 1. The van der Waals surface area contributed by atoms with Crippen LogP contribution in [-0.4, -0.2) is 41.1 Å². The second-order valence-electron chi connectivity index (χ2n) is 6.50. The Bertz CT molecular complexity index is 825. The second-order valence-corrected chi connectivity index (χ2v) is 8.06. The predicted molar refractivity (Wildman–Crippen MR) is 108 cm³/mol. The van der Waals surface area contributed by atoms with E-state index in [1.807, 2.05) is 54.6 Å². The molecule has 2 aromatic carbocycles. The van der Waals surface area contributed by atoms with Gasteiger partial charge in [0.05, 0.1) is 38.1 Å². The number of hydrogen-bond acceptors (Lipinski definition) is 3. The molecule has 2 N–H and O–H groups in total. The van der Waals surface area contributed by atoms with Crippen molar-refractivity contribution in [2.24, 2.45) is 0 Å². The lowest BCUT2D eigenvalue weighted by Gasteiger charge is -2.33. The fourth-order valence-electron chi connectivity index (χ4n) is 3.11. The minimum Gasteiger partial charge on any atom is -0.360 e. The van der Waals surface area contributed by atoms with Gasteiger partial charge in [-0.1, -0.05) is 30.3 Å². The molecule has 5 nitrogen and oxygen atoms in total. The highest BCUT2D eigenvalue weighted by molar-refractivity contribution is 7.95. The highest BCUT2D eigenvalue weighted by Gasteiger charge is 2.18. The Hall–Kier alpha value is -2.31. The lowest BCUT2D eigenvalue weighted by atomic mass is 10.2. The maximum atomic E-state index is 12.2. The first-order chi connectivity index (χ1) is 12.6. The third-order valence-corrected chi connectivity index (χ3v) is 5.72. The van der Waals surface area contributed by atoms with Crippen molar-refractivity contribution < 1.29 is 13.3 Å².